The van der Waals surface area contributed by atoms with Crippen molar-refractivity contribution in [1.29, 1.82) is 0 Å². The lowest BCUT2D eigenvalue weighted by Gasteiger charge is -2.24. The van der Waals surface area contributed by atoms with Crippen LogP contribution in [0.3, 0.4) is 0 Å². The van der Waals surface area contributed by atoms with E-state index in [-0.39, 0.29) is 0 Å². The lowest BCUT2D eigenvalue weighted by Crippen LogP contribution is -2.30. The quantitative estimate of drug-likeness (QED) is 0.851. The van der Waals surface area contributed by atoms with Gasteiger partial charge in [-0.1, -0.05) is 12.8 Å². The Kier molecular flexibility index (Phi) is 3.61. The summed E-state index contributed by atoms with van der Waals surface area (Å²) >= 11 is 0. The number of ether oxygens (including phenoxy) is 1. The van der Waals surface area contributed by atoms with Gasteiger partial charge in [-0.25, -0.2) is 0 Å². The normalized spacial score (nSPS) is 15.9. The molecule has 1 heterocycles. The summed E-state index contributed by atoms with van der Waals surface area (Å²) in [5, 5.41) is 2.92. The average molecular weight is 237 g/mol. The van der Waals surface area contributed by atoms with Crippen molar-refractivity contribution in [2.24, 2.45) is 0 Å². The zero-order valence-corrected chi connectivity index (χ0v) is 10.6. The minimum atomic E-state index is 0.351. The largest absolute Gasteiger partial charge is 0.467 e. The number of rotatable bonds is 4. The van der Waals surface area contributed by atoms with Crippen LogP contribution < -0.4 is 15.0 Å². The molecule has 6 nitrogen and oxygen atoms in total. The molecule has 0 saturated heterocycles. The van der Waals surface area contributed by atoms with Crippen LogP contribution in [0.1, 0.15) is 25.7 Å². The number of methoxy groups -OCH3 is 1. The molecule has 94 valence electrons. The molecule has 0 bridgehead atoms. The first-order valence-electron chi connectivity index (χ1n) is 5.95. The van der Waals surface area contributed by atoms with Gasteiger partial charge < -0.3 is 15.0 Å². The Morgan fingerprint density at radius 2 is 1.94 bits per heavy atom. The lowest BCUT2D eigenvalue weighted by atomic mass is 10.2. The Morgan fingerprint density at radius 3 is 2.53 bits per heavy atom. The van der Waals surface area contributed by atoms with Gasteiger partial charge in [-0.2, -0.15) is 15.0 Å². The molecule has 17 heavy (non-hydrogen) atoms. The molecular weight excluding hydrogens is 218 g/mol. The third-order valence-electron chi connectivity index (χ3n) is 3.20. The molecule has 1 fully saturated rings. The van der Waals surface area contributed by atoms with Gasteiger partial charge in [0.05, 0.1) is 7.11 Å². The first-order chi connectivity index (χ1) is 8.24. The van der Waals surface area contributed by atoms with Crippen LogP contribution in [-0.4, -0.2) is 42.2 Å². The van der Waals surface area contributed by atoms with E-state index in [1.54, 1.807) is 14.2 Å². The highest BCUT2D eigenvalue weighted by atomic mass is 16.5. The SMILES string of the molecule is CNc1nc(OC)nc(N(C)C2CCCC2)n1. The van der Waals surface area contributed by atoms with E-state index >= 15 is 0 Å². The van der Waals surface area contributed by atoms with Gasteiger partial charge in [-0.15, -0.1) is 0 Å². The minimum Gasteiger partial charge on any atom is -0.467 e. The first kappa shape index (κ1) is 11.9. The Balaban J connectivity index is 2.23. The van der Waals surface area contributed by atoms with E-state index in [4.69, 9.17) is 4.74 Å². The summed E-state index contributed by atoms with van der Waals surface area (Å²) in [7, 11) is 5.38. The summed E-state index contributed by atoms with van der Waals surface area (Å²) in [5.41, 5.74) is 0. The molecular formula is C11H19N5O. The van der Waals surface area contributed by atoms with Gasteiger partial charge >= 0.3 is 6.01 Å². The van der Waals surface area contributed by atoms with Gasteiger partial charge in [0, 0.05) is 20.1 Å². The van der Waals surface area contributed by atoms with Crippen molar-refractivity contribution < 1.29 is 4.74 Å². The minimum absolute atomic E-state index is 0.351. The van der Waals surface area contributed by atoms with E-state index in [0.29, 0.717) is 23.9 Å². The smallest absolute Gasteiger partial charge is 0.322 e. The fourth-order valence-corrected chi connectivity index (χ4v) is 2.16. The molecule has 1 N–H and O–H groups in total. The standard InChI is InChI=1S/C11H19N5O/c1-12-9-13-10(15-11(14-9)17-3)16(2)8-6-4-5-7-8/h8H,4-7H2,1-3H3,(H,12,13,14,15). The van der Waals surface area contributed by atoms with Crippen molar-refractivity contribution in [2.45, 2.75) is 31.7 Å². The second-order valence-corrected chi connectivity index (χ2v) is 4.24. The molecule has 0 atom stereocenters. The number of nitrogens with one attached hydrogen (secondary N) is 1. The molecule has 0 radical (unpaired) electrons. The fraction of sp³-hybridized carbons (Fsp3) is 0.727. The van der Waals surface area contributed by atoms with Crippen molar-refractivity contribution >= 4 is 11.9 Å². The highest BCUT2D eigenvalue weighted by molar-refractivity contribution is 5.38. The second-order valence-electron chi connectivity index (χ2n) is 4.24. The van der Waals surface area contributed by atoms with Gasteiger partial charge in [0.1, 0.15) is 0 Å². The topological polar surface area (TPSA) is 63.2 Å². The van der Waals surface area contributed by atoms with Crippen LogP contribution in [0.2, 0.25) is 0 Å². The van der Waals surface area contributed by atoms with Crippen LogP contribution >= 0.6 is 0 Å². The third-order valence-corrected chi connectivity index (χ3v) is 3.20. The van der Waals surface area contributed by atoms with Gasteiger partial charge in [0.25, 0.3) is 0 Å². The molecule has 6 heteroatoms. The predicted octanol–water partition coefficient (Wildman–Crippen LogP) is 1.30. The molecule has 0 amide bonds. The highest BCUT2D eigenvalue weighted by Crippen LogP contribution is 2.25. The number of anilines is 2. The zero-order valence-electron chi connectivity index (χ0n) is 10.6. The number of hydrogen-bond donors (Lipinski definition) is 1. The maximum atomic E-state index is 5.08. The van der Waals surface area contributed by atoms with Crippen molar-refractivity contribution in [3.8, 4) is 6.01 Å². The summed E-state index contributed by atoms with van der Waals surface area (Å²) in [5.74, 6) is 1.21. The van der Waals surface area contributed by atoms with Crippen LogP contribution in [0.4, 0.5) is 11.9 Å². The van der Waals surface area contributed by atoms with Crippen molar-refractivity contribution in [3.05, 3.63) is 0 Å². The Morgan fingerprint density at radius 1 is 1.24 bits per heavy atom. The fourth-order valence-electron chi connectivity index (χ4n) is 2.16. The Bertz CT molecular complexity index is 356. The molecule has 1 aliphatic carbocycles. The van der Waals surface area contributed by atoms with Crippen molar-refractivity contribution in [3.63, 3.8) is 0 Å². The highest BCUT2D eigenvalue weighted by Gasteiger charge is 2.22. The van der Waals surface area contributed by atoms with Gasteiger partial charge in [-0.05, 0) is 12.8 Å². The monoisotopic (exact) mass is 237 g/mol. The summed E-state index contributed by atoms with van der Waals surface area (Å²) in [6.07, 6.45) is 4.99. The Hall–Kier alpha value is -1.59. The maximum absolute atomic E-state index is 5.08. The molecule has 0 spiro atoms. The lowest BCUT2D eigenvalue weighted by molar-refractivity contribution is 0.378. The summed E-state index contributed by atoms with van der Waals surface area (Å²) in [4.78, 5) is 14.9. The average Bonchev–Trinajstić information content (AvgIpc) is 2.91. The summed E-state index contributed by atoms with van der Waals surface area (Å²) in [6, 6.07) is 0.885. The van der Waals surface area contributed by atoms with Crippen LogP contribution in [0.15, 0.2) is 0 Å². The second kappa shape index (κ2) is 5.16. The van der Waals surface area contributed by atoms with E-state index < -0.39 is 0 Å². The molecule has 0 aliphatic heterocycles. The van der Waals surface area contributed by atoms with Crippen molar-refractivity contribution in [2.75, 3.05) is 31.4 Å². The van der Waals surface area contributed by atoms with Gasteiger partial charge in [0.15, 0.2) is 0 Å². The van der Waals surface area contributed by atoms with E-state index in [9.17, 15) is 0 Å². The number of hydrogen-bond acceptors (Lipinski definition) is 6. The van der Waals surface area contributed by atoms with E-state index in [0.717, 1.165) is 0 Å². The van der Waals surface area contributed by atoms with Crippen molar-refractivity contribution in [1.82, 2.24) is 15.0 Å². The molecule has 0 aromatic carbocycles. The molecule has 1 aromatic rings. The van der Waals surface area contributed by atoms with Gasteiger partial charge in [0.2, 0.25) is 11.9 Å². The summed E-state index contributed by atoms with van der Waals surface area (Å²) < 4.78 is 5.08. The maximum Gasteiger partial charge on any atom is 0.322 e. The van der Waals surface area contributed by atoms with Crippen LogP contribution in [0, 0.1) is 0 Å². The Labute approximate surface area is 101 Å². The van der Waals surface area contributed by atoms with Crippen LogP contribution in [0.5, 0.6) is 6.01 Å². The van der Waals surface area contributed by atoms with Crippen LogP contribution in [0.25, 0.3) is 0 Å². The number of aromatic nitrogens is 3. The van der Waals surface area contributed by atoms with Crippen LogP contribution in [-0.2, 0) is 0 Å². The van der Waals surface area contributed by atoms with E-state index in [2.05, 4.69) is 25.2 Å². The van der Waals surface area contributed by atoms with Gasteiger partial charge in [-0.3, -0.25) is 0 Å². The molecule has 1 aliphatic rings. The molecule has 2 rings (SSSR count). The molecule has 1 saturated carbocycles. The summed E-state index contributed by atoms with van der Waals surface area (Å²) in [6.45, 7) is 0. The number of nitrogens with zero attached hydrogens (tertiary/aromatic N) is 4. The van der Waals surface area contributed by atoms with E-state index in [1.807, 2.05) is 7.05 Å². The molecule has 0 unspecified atom stereocenters. The first-order valence-corrected chi connectivity index (χ1v) is 5.95. The zero-order chi connectivity index (χ0) is 12.3. The predicted molar refractivity (Wildman–Crippen MR) is 66.6 cm³/mol. The van der Waals surface area contributed by atoms with E-state index in [1.165, 1.54) is 25.7 Å². The third kappa shape index (κ3) is 2.57. The molecule has 1 aromatic heterocycles.